The number of ether oxygens (including phenoxy) is 1. The van der Waals surface area contributed by atoms with Crippen molar-refractivity contribution in [3.63, 3.8) is 0 Å². The second-order valence-corrected chi connectivity index (χ2v) is 7.16. The summed E-state index contributed by atoms with van der Waals surface area (Å²) in [6, 6.07) is 6.40. The first-order chi connectivity index (χ1) is 11.9. The Morgan fingerprint density at radius 2 is 2.04 bits per heavy atom. The molecule has 2 fully saturated rings. The lowest BCUT2D eigenvalue weighted by Gasteiger charge is -2.36. The molecule has 1 heterocycles. The Labute approximate surface area is 151 Å². The standard InChI is InChI=1S/C18H21ClN2O4/c1-12-4-2-3-9-18(12)16(23)21(17(24)20-18)10-15(22)25-11-13-5-7-14(19)8-6-13/h5-8,12H,2-4,9-11H2,1H3,(H,20,24)/t12-,18-/m1/s1. The lowest BCUT2D eigenvalue weighted by molar-refractivity contribution is -0.149. The number of halogens is 1. The van der Waals surface area contributed by atoms with Crippen LogP contribution in [-0.4, -0.2) is 34.9 Å². The van der Waals surface area contributed by atoms with Gasteiger partial charge in [-0.05, 0) is 36.5 Å². The zero-order chi connectivity index (χ0) is 18.0. The number of carbonyl (C=O) groups is 3. The molecule has 1 aromatic carbocycles. The van der Waals surface area contributed by atoms with E-state index >= 15 is 0 Å². The molecule has 1 N–H and O–H groups in total. The number of rotatable bonds is 4. The van der Waals surface area contributed by atoms with Crippen molar-refractivity contribution in [3.8, 4) is 0 Å². The highest BCUT2D eigenvalue weighted by Crippen LogP contribution is 2.38. The van der Waals surface area contributed by atoms with Crippen LogP contribution in [0.15, 0.2) is 24.3 Å². The molecule has 7 heteroatoms. The van der Waals surface area contributed by atoms with Crippen molar-refractivity contribution >= 4 is 29.5 Å². The van der Waals surface area contributed by atoms with Gasteiger partial charge in [-0.15, -0.1) is 0 Å². The van der Waals surface area contributed by atoms with Gasteiger partial charge in [0.1, 0.15) is 18.7 Å². The third-order valence-corrected chi connectivity index (χ3v) is 5.35. The SMILES string of the molecule is C[C@@H]1CCCC[C@@]12NC(=O)N(CC(=O)OCc1ccc(Cl)cc1)C2=O. The quantitative estimate of drug-likeness (QED) is 0.658. The second kappa shape index (κ2) is 7.04. The van der Waals surface area contributed by atoms with E-state index in [1.54, 1.807) is 24.3 Å². The first-order valence-electron chi connectivity index (χ1n) is 8.46. The van der Waals surface area contributed by atoms with Crippen molar-refractivity contribution in [2.24, 2.45) is 5.92 Å². The number of nitrogens with one attached hydrogen (secondary N) is 1. The molecule has 1 aliphatic carbocycles. The molecule has 6 nitrogen and oxygen atoms in total. The van der Waals surface area contributed by atoms with E-state index in [0.29, 0.717) is 11.4 Å². The number of nitrogens with zero attached hydrogens (tertiary/aromatic N) is 1. The fourth-order valence-electron chi connectivity index (χ4n) is 3.56. The first-order valence-corrected chi connectivity index (χ1v) is 8.84. The van der Waals surface area contributed by atoms with Crippen LogP contribution < -0.4 is 5.32 Å². The molecular weight excluding hydrogens is 344 g/mol. The topological polar surface area (TPSA) is 75.7 Å². The molecule has 1 saturated carbocycles. The van der Waals surface area contributed by atoms with E-state index in [-0.39, 0.29) is 25.0 Å². The van der Waals surface area contributed by atoms with Gasteiger partial charge in [0, 0.05) is 5.02 Å². The van der Waals surface area contributed by atoms with Crippen LogP contribution in [0.4, 0.5) is 4.79 Å². The summed E-state index contributed by atoms with van der Waals surface area (Å²) in [7, 11) is 0. The van der Waals surface area contributed by atoms with Gasteiger partial charge in [-0.3, -0.25) is 14.5 Å². The molecule has 134 valence electrons. The number of carbonyl (C=O) groups excluding carboxylic acids is 3. The monoisotopic (exact) mass is 364 g/mol. The van der Waals surface area contributed by atoms with Gasteiger partial charge in [-0.25, -0.2) is 4.79 Å². The van der Waals surface area contributed by atoms with Crippen LogP contribution in [0.1, 0.15) is 38.2 Å². The van der Waals surface area contributed by atoms with Gasteiger partial charge in [-0.2, -0.15) is 0 Å². The number of hydrogen-bond donors (Lipinski definition) is 1. The molecule has 2 atom stereocenters. The van der Waals surface area contributed by atoms with Crippen molar-refractivity contribution in [1.29, 1.82) is 0 Å². The predicted octanol–water partition coefficient (Wildman–Crippen LogP) is 2.88. The normalized spacial score (nSPS) is 26.0. The summed E-state index contributed by atoms with van der Waals surface area (Å²) in [5.74, 6) is -0.861. The molecule has 25 heavy (non-hydrogen) atoms. The number of imide groups is 1. The summed E-state index contributed by atoms with van der Waals surface area (Å²) < 4.78 is 5.17. The Bertz CT molecular complexity index is 691. The lowest BCUT2D eigenvalue weighted by Crippen LogP contribution is -2.54. The minimum atomic E-state index is -0.855. The Kier molecular flexibility index (Phi) is 4.99. The molecule has 0 unspecified atom stereocenters. The lowest BCUT2D eigenvalue weighted by atomic mass is 9.73. The predicted molar refractivity (Wildman–Crippen MR) is 91.9 cm³/mol. The Morgan fingerprint density at radius 1 is 1.32 bits per heavy atom. The molecule has 3 amide bonds. The van der Waals surface area contributed by atoms with Crippen LogP contribution in [0.25, 0.3) is 0 Å². The molecule has 0 radical (unpaired) electrons. The maximum Gasteiger partial charge on any atom is 0.326 e. The van der Waals surface area contributed by atoms with Crippen LogP contribution in [0.2, 0.25) is 5.02 Å². The minimum Gasteiger partial charge on any atom is -0.459 e. The maximum absolute atomic E-state index is 12.8. The van der Waals surface area contributed by atoms with Crippen LogP contribution in [0.5, 0.6) is 0 Å². The average molecular weight is 365 g/mol. The minimum absolute atomic E-state index is 0.0628. The van der Waals surface area contributed by atoms with Gasteiger partial charge in [0.2, 0.25) is 0 Å². The van der Waals surface area contributed by atoms with E-state index in [0.717, 1.165) is 29.7 Å². The summed E-state index contributed by atoms with van der Waals surface area (Å²) in [5, 5.41) is 3.42. The molecule has 0 aromatic heterocycles. The fraction of sp³-hybridized carbons (Fsp3) is 0.500. The molecule has 1 aliphatic heterocycles. The molecule has 1 saturated heterocycles. The third-order valence-electron chi connectivity index (χ3n) is 5.10. The smallest absolute Gasteiger partial charge is 0.326 e. The van der Waals surface area contributed by atoms with Gasteiger partial charge in [0.05, 0.1) is 0 Å². The number of esters is 1. The van der Waals surface area contributed by atoms with Crippen molar-refractivity contribution < 1.29 is 19.1 Å². The van der Waals surface area contributed by atoms with E-state index in [2.05, 4.69) is 5.32 Å². The van der Waals surface area contributed by atoms with Crippen LogP contribution in [-0.2, 0) is 20.9 Å². The van der Waals surface area contributed by atoms with Gasteiger partial charge in [0.15, 0.2) is 0 Å². The van der Waals surface area contributed by atoms with Crippen molar-refractivity contribution in [3.05, 3.63) is 34.9 Å². The van der Waals surface area contributed by atoms with E-state index in [1.165, 1.54) is 0 Å². The zero-order valence-electron chi connectivity index (χ0n) is 14.1. The Hall–Kier alpha value is -2.08. The first kappa shape index (κ1) is 17.7. The summed E-state index contributed by atoms with van der Waals surface area (Å²) >= 11 is 5.81. The average Bonchev–Trinajstić information content (AvgIpc) is 2.82. The highest BCUT2D eigenvalue weighted by Gasteiger charge is 2.55. The van der Waals surface area contributed by atoms with Crippen molar-refractivity contribution in [1.82, 2.24) is 10.2 Å². The van der Waals surface area contributed by atoms with Crippen molar-refractivity contribution in [2.75, 3.05) is 6.54 Å². The van der Waals surface area contributed by atoms with Gasteiger partial charge in [-0.1, -0.05) is 43.5 Å². The number of benzene rings is 1. The van der Waals surface area contributed by atoms with Crippen molar-refractivity contribution in [2.45, 2.75) is 44.8 Å². The molecule has 2 aliphatic rings. The largest absolute Gasteiger partial charge is 0.459 e. The molecular formula is C18H21ClN2O4. The zero-order valence-corrected chi connectivity index (χ0v) is 14.8. The van der Waals surface area contributed by atoms with E-state index in [4.69, 9.17) is 16.3 Å². The van der Waals surface area contributed by atoms with E-state index in [9.17, 15) is 14.4 Å². The Morgan fingerprint density at radius 3 is 2.72 bits per heavy atom. The van der Waals surface area contributed by atoms with Crippen LogP contribution in [0, 0.1) is 5.92 Å². The number of hydrogen-bond acceptors (Lipinski definition) is 4. The molecule has 1 spiro atoms. The Balaban J connectivity index is 1.60. The second-order valence-electron chi connectivity index (χ2n) is 6.73. The highest BCUT2D eigenvalue weighted by atomic mass is 35.5. The van der Waals surface area contributed by atoms with Crippen LogP contribution in [0.3, 0.4) is 0 Å². The highest BCUT2D eigenvalue weighted by molar-refractivity contribution is 6.30. The fourth-order valence-corrected chi connectivity index (χ4v) is 3.68. The van der Waals surface area contributed by atoms with Gasteiger partial charge >= 0.3 is 12.0 Å². The van der Waals surface area contributed by atoms with Gasteiger partial charge < -0.3 is 10.1 Å². The maximum atomic E-state index is 12.8. The molecule has 3 rings (SSSR count). The molecule has 1 aromatic rings. The summed E-state index contributed by atoms with van der Waals surface area (Å²) in [5.41, 5.74) is -0.0708. The summed E-state index contributed by atoms with van der Waals surface area (Å²) in [6.07, 6.45) is 3.45. The van der Waals surface area contributed by atoms with E-state index in [1.807, 2.05) is 6.92 Å². The van der Waals surface area contributed by atoms with E-state index < -0.39 is 17.5 Å². The summed E-state index contributed by atoms with van der Waals surface area (Å²) in [4.78, 5) is 38.0. The third kappa shape index (κ3) is 3.49. The number of urea groups is 1. The summed E-state index contributed by atoms with van der Waals surface area (Å²) in [6.45, 7) is 1.67. The number of amides is 3. The molecule has 0 bridgehead atoms. The van der Waals surface area contributed by atoms with Gasteiger partial charge in [0.25, 0.3) is 5.91 Å². The van der Waals surface area contributed by atoms with Crippen LogP contribution >= 0.6 is 11.6 Å².